The molecule has 1 heterocycles. The van der Waals surface area contributed by atoms with Crippen LogP contribution in [0.3, 0.4) is 0 Å². The van der Waals surface area contributed by atoms with Crippen molar-refractivity contribution in [2.24, 2.45) is 0 Å². The first-order valence-corrected chi connectivity index (χ1v) is 10.6. The molecule has 170 valence electrons. The Bertz CT molecular complexity index is 1110. The van der Waals surface area contributed by atoms with E-state index in [4.69, 9.17) is 16.3 Å². The van der Waals surface area contributed by atoms with Crippen LogP contribution in [0.1, 0.15) is 23.2 Å². The number of esters is 1. The maximum atomic E-state index is 12.6. The summed E-state index contributed by atoms with van der Waals surface area (Å²) in [6, 6.07) is 15.9. The summed E-state index contributed by atoms with van der Waals surface area (Å²) in [4.78, 5) is 40.2. The van der Waals surface area contributed by atoms with Gasteiger partial charge in [-0.1, -0.05) is 23.7 Å². The minimum atomic E-state index is -0.581. The van der Waals surface area contributed by atoms with Crippen molar-refractivity contribution < 1.29 is 19.1 Å². The Labute approximate surface area is 197 Å². The number of hydrogen-bond donors (Lipinski definition) is 1. The van der Waals surface area contributed by atoms with Crippen molar-refractivity contribution in [1.82, 2.24) is 5.32 Å². The molecule has 33 heavy (non-hydrogen) atoms. The molecule has 1 aliphatic rings. The zero-order valence-corrected chi connectivity index (χ0v) is 19.1. The Hall–Kier alpha value is -3.83. The number of nitrogens with zero attached hydrogens (tertiary/aromatic N) is 3. The lowest BCUT2D eigenvalue weighted by atomic mass is 10.2. The number of carbonyl (C=O) groups is 3. The third-order valence-electron chi connectivity index (χ3n) is 5.17. The van der Waals surface area contributed by atoms with Crippen molar-refractivity contribution in [2.75, 3.05) is 37.0 Å². The number of carbonyl (C=O) groups excluding carboxylic acids is 3. The molecule has 0 unspecified atom stereocenters. The number of para-hydroxylation sites is 2. The van der Waals surface area contributed by atoms with Gasteiger partial charge < -0.3 is 19.9 Å². The lowest BCUT2D eigenvalue weighted by Crippen LogP contribution is -2.28. The van der Waals surface area contributed by atoms with Gasteiger partial charge in [0.05, 0.1) is 11.4 Å². The van der Waals surface area contributed by atoms with Crippen LogP contribution in [-0.4, -0.2) is 44.9 Å². The minimum absolute atomic E-state index is 0.0257. The van der Waals surface area contributed by atoms with Gasteiger partial charge in [-0.25, -0.2) is 0 Å². The molecule has 1 N–H and O–H groups in total. The van der Waals surface area contributed by atoms with Crippen molar-refractivity contribution in [3.05, 3.63) is 70.5 Å². The lowest BCUT2D eigenvalue weighted by molar-refractivity contribution is -0.147. The standard InChI is InChI=1S/C24H23ClN4O4/c1-28-19-6-3-4-7-20(19)29(2)24(28)18(14-26)21(30)15-33-22(31)8-5-13-27-23(32)16-9-11-17(25)12-10-16/h3-4,6-7,9-12H,5,8,13,15H2,1-2H3,(H,27,32). The number of rotatable bonds is 8. The first kappa shape index (κ1) is 23.8. The fourth-order valence-electron chi connectivity index (χ4n) is 3.49. The molecular weight excluding hydrogens is 444 g/mol. The van der Waals surface area contributed by atoms with Crippen LogP contribution in [-0.2, 0) is 14.3 Å². The van der Waals surface area contributed by atoms with E-state index in [2.05, 4.69) is 5.32 Å². The SMILES string of the molecule is CN1C(=C(C#N)C(=O)COC(=O)CCCNC(=O)c2ccc(Cl)cc2)N(C)c2ccccc21. The number of halogens is 1. The molecule has 3 rings (SSSR count). The van der Waals surface area contributed by atoms with Crippen LogP contribution in [0.5, 0.6) is 0 Å². The topological polar surface area (TPSA) is 103 Å². The largest absolute Gasteiger partial charge is 0.457 e. The summed E-state index contributed by atoms with van der Waals surface area (Å²) in [7, 11) is 3.54. The highest BCUT2D eigenvalue weighted by atomic mass is 35.5. The number of benzene rings is 2. The smallest absolute Gasteiger partial charge is 0.306 e. The molecule has 0 radical (unpaired) electrons. The number of nitriles is 1. The van der Waals surface area contributed by atoms with Crippen molar-refractivity contribution >= 4 is 40.6 Å². The normalized spacial score (nSPS) is 12.1. The molecule has 0 aromatic heterocycles. The van der Waals surface area contributed by atoms with Gasteiger partial charge in [-0.3, -0.25) is 14.4 Å². The predicted octanol–water partition coefficient (Wildman–Crippen LogP) is 3.28. The Morgan fingerprint density at radius 3 is 2.21 bits per heavy atom. The number of ketones is 1. The van der Waals surface area contributed by atoms with Gasteiger partial charge in [0, 0.05) is 37.6 Å². The number of anilines is 2. The third kappa shape index (κ3) is 5.51. The van der Waals surface area contributed by atoms with E-state index in [1.54, 1.807) is 48.2 Å². The fourth-order valence-corrected chi connectivity index (χ4v) is 3.61. The van der Waals surface area contributed by atoms with Gasteiger partial charge in [0.1, 0.15) is 17.5 Å². The first-order chi connectivity index (χ1) is 15.8. The van der Waals surface area contributed by atoms with Crippen LogP contribution >= 0.6 is 11.6 Å². The number of ether oxygens (including phenoxy) is 1. The van der Waals surface area contributed by atoms with E-state index < -0.39 is 18.4 Å². The third-order valence-corrected chi connectivity index (χ3v) is 5.42. The van der Waals surface area contributed by atoms with E-state index >= 15 is 0 Å². The quantitative estimate of drug-likeness (QED) is 0.275. The van der Waals surface area contributed by atoms with E-state index in [1.807, 2.05) is 30.3 Å². The Kier molecular flexibility index (Phi) is 7.70. The number of hydrogen-bond acceptors (Lipinski definition) is 7. The second-order valence-corrected chi connectivity index (χ2v) is 7.80. The maximum absolute atomic E-state index is 12.6. The highest BCUT2D eigenvalue weighted by molar-refractivity contribution is 6.30. The molecule has 1 aliphatic heterocycles. The summed E-state index contributed by atoms with van der Waals surface area (Å²) in [6.07, 6.45) is 0.372. The van der Waals surface area contributed by atoms with Crippen LogP contribution in [0, 0.1) is 11.3 Å². The van der Waals surface area contributed by atoms with Gasteiger partial charge in [-0.2, -0.15) is 5.26 Å². The molecular formula is C24H23ClN4O4. The maximum Gasteiger partial charge on any atom is 0.306 e. The number of Topliss-reactive ketones (excluding diaryl/α,β-unsaturated/α-hetero) is 1. The molecule has 9 heteroatoms. The molecule has 0 saturated carbocycles. The Morgan fingerprint density at radius 1 is 1.03 bits per heavy atom. The summed E-state index contributed by atoms with van der Waals surface area (Å²) < 4.78 is 5.06. The van der Waals surface area contributed by atoms with Gasteiger partial charge in [-0.15, -0.1) is 0 Å². The molecule has 0 fully saturated rings. The van der Waals surface area contributed by atoms with Gasteiger partial charge in [0.15, 0.2) is 6.61 Å². The average Bonchev–Trinajstić information content (AvgIpc) is 3.07. The molecule has 0 saturated heterocycles. The summed E-state index contributed by atoms with van der Waals surface area (Å²) in [5, 5.41) is 12.8. The summed E-state index contributed by atoms with van der Waals surface area (Å²) in [5.74, 6) is -0.998. The van der Waals surface area contributed by atoms with Crippen LogP contribution in [0.2, 0.25) is 5.02 Å². The van der Waals surface area contributed by atoms with Crippen LogP contribution in [0.15, 0.2) is 59.9 Å². The first-order valence-electron chi connectivity index (χ1n) is 10.3. The number of fused-ring (bicyclic) bond motifs is 1. The molecule has 0 bridgehead atoms. The number of nitrogens with one attached hydrogen (secondary N) is 1. The van der Waals surface area contributed by atoms with Gasteiger partial charge in [-0.05, 0) is 42.8 Å². The highest BCUT2D eigenvalue weighted by Gasteiger charge is 2.31. The predicted molar refractivity (Wildman–Crippen MR) is 125 cm³/mol. The van der Waals surface area contributed by atoms with Crippen LogP contribution < -0.4 is 15.1 Å². The van der Waals surface area contributed by atoms with Gasteiger partial charge in [0.2, 0.25) is 5.78 Å². The zero-order valence-electron chi connectivity index (χ0n) is 18.3. The van der Waals surface area contributed by atoms with Crippen molar-refractivity contribution in [1.29, 1.82) is 5.26 Å². The van der Waals surface area contributed by atoms with Crippen LogP contribution in [0.4, 0.5) is 11.4 Å². The summed E-state index contributed by atoms with van der Waals surface area (Å²) >= 11 is 5.80. The van der Waals surface area contributed by atoms with E-state index in [0.717, 1.165) is 11.4 Å². The van der Waals surface area contributed by atoms with Gasteiger partial charge >= 0.3 is 5.97 Å². The molecule has 2 aromatic carbocycles. The second kappa shape index (κ2) is 10.7. The molecule has 8 nitrogen and oxygen atoms in total. The summed E-state index contributed by atoms with van der Waals surface area (Å²) in [5.41, 5.74) is 2.12. The van der Waals surface area contributed by atoms with Crippen molar-refractivity contribution in [3.63, 3.8) is 0 Å². The van der Waals surface area contributed by atoms with E-state index in [0.29, 0.717) is 22.8 Å². The van der Waals surface area contributed by atoms with Gasteiger partial charge in [0.25, 0.3) is 5.91 Å². The highest BCUT2D eigenvalue weighted by Crippen LogP contribution is 2.40. The zero-order chi connectivity index (χ0) is 24.0. The van der Waals surface area contributed by atoms with Crippen LogP contribution in [0.25, 0.3) is 0 Å². The van der Waals surface area contributed by atoms with Crippen molar-refractivity contribution in [2.45, 2.75) is 12.8 Å². The second-order valence-electron chi connectivity index (χ2n) is 7.37. The number of amides is 1. The fraction of sp³-hybridized carbons (Fsp3) is 0.250. The monoisotopic (exact) mass is 466 g/mol. The molecule has 1 amide bonds. The Morgan fingerprint density at radius 2 is 1.64 bits per heavy atom. The van der Waals surface area contributed by atoms with Crippen molar-refractivity contribution in [3.8, 4) is 6.07 Å². The Balaban J connectivity index is 1.48. The molecule has 0 atom stereocenters. The minimum Gasteiger partial charge on any atom is -0.457 e. The molecule has 2 aromatic rings. The molecule has 0 aliphatic carbocycles. The van der Waals surface area contributed by atoms with E-state index in [-0.39, 0.29) is 24.4 Å². The lowest BCUT2D eigenvalue weighted by Gasteiger charge is -2.19. The van der Waals surface area contributed by atoms with E-state index in [9.17, 15) is 19.6 Å². The molecule has 0 spiro atoms. The average molecular weight is 467 g/mol. The summed E-state index contributed by atoms with van der Waals surface area (Å²) in [6.45, 7) is -0.258. The van der Waals surface area contributed by atoms with E-state index in [1.165, 1.54) is 0 Å².